The van der Waals surface area contributed by atoms with E-state index in [9.17, 15) is 9.59 Å². The third-order valence-corrected chi connectivity index (χ3v) is 4.85. The summed E-state index contributed by atoms with van der Waals surface area (Å²) in [6, 6.07) is 13.1. The number of carbonyl (C=O) groups excluding carboxylic acids is 2. The average Bonchev–Trinajstić information content (AvgIpc) is 3.40. The second-order valence-corrected chi connectivity index (χ2v) is 6.90. The fourth-order valence-corrected chi connectivity index (χ4v) is 3.40. The van der Waals surface area contributed by atoms with E-state index >= 15 is 0 Å². The Kier molecular flexibility index (Phi) is 5.14. The van der Waals surface area contributed by atoms with Crippen LogP contribution < -0.4 is 5.32 Å². The van der Waals surface area contributed by atoms with Crippen LogP contribution in [-0.4, -0.2) is 44.5 Å². The number of aromatic amines is 1. The molecule has 4 rings (SSSR count). The molecular weight excluding hydrogens is 354 g/mol. The van der Waals surface area contributed by atoms with E-state index in [2.05, 4.69) is 20.5 Å². The molecule has 1 saturated heterocycles. The third kappa shape index (κ3) is 4.09. The van der Waals surface area contributed by atoms with Gasteiger partial charge in [0.25, 0.3) is 5.91 Å². The zero-order chi connectivity index (χ0) is 19.3. The van der Waals surface area contributed by atoms with Crippen molar-refractivity contribution in [2.45, 2.75) is 25.4 Å². The topological polar surface area (TPSA) is 91.0 Å². The van der Waals surface area contributed by atoms with Gasteiger partial charge in [-0.05, 0) is 41.8 Å². The summed E-state index contributed by atoms with van der Waals surface area (Å²) in [5.74, 6) is -0.0242. The minimum atomic E-state index is -0.0684. The number of nitrogens with one attached hydrogen (secondary N) is 2. The van der Waals surface area contributed by atoms with Gasteiger partial charge >= 0.3 is 0 Å². The second-order valence-electron chi connectivity index (χ2n) is 6.90. The SMILES string of the molecule is O=C1CCC(CN(Cc2cccnc2)C(=O)c2ccc(-c3ccn[nH]3)cc2)N1. The highest BCUT2D eigenvalue weighted by Gasteiger charge is 2.26. The van der Waals surface area contributed by atoms with E-state index in [4.69, 9.17) is 0 Å². The monoisotopic (exact) mass is 375 g/mol. The molecule has 0 aliphatic carbocycles. The van der Waals surface area contributed by atoms with Gasteiger partial charge in [0.2, 0.25) is 5.91 Å². The molecule has 0 spiro atoms. The van der Waals surface area contributed by atoms with Gasteiger partial charge in [-0.2, -0.15) is 5.10 Å². The van der Waals surface area contributed by atoms with Crippen molar-refractivity contribution in [2.24, 2.45) is 0 Å². The molecule has 142 valence electrons. The first-order valence-corrected chi connectivity index (χ1v) is 9.26. The van der Waals surface area contributed by atoms with Gasteiger partial charge in [-0.15, -0.1) is 0 Å². The zero-order valence-electron chi connectivity index (χ0n) is 15.3. The number of carbonyl (C=O) groups is 2. The number of nitrogens with zero attached hydrogens (tertiary/aromatic N) is 3. The Labute approximate surface area is 162 Å². The summed E-state index contributed by atoms with van der Waals surface area (Å²) in [5.41, 5.74) is 3.43. The molecule has 7 heteroatoms. The number of hydrogen-bond donors (Lipinski definition) is 2. The summed E-state index contributed by atoms with van der Waals surface area (Å²) in [6.45, 7) is 0.920. The number of hydrogen-bond acceptors (Lipinski definition) is 4. The summed E-state index contributed by atoms with van der Waals surface area (Å²) < 4.78 is 0. The van der Waals surface area contributed by atoms with Crippen molar-refractivity contribution in [3.63, 3.8) is 0 Å². The summed E-state index contributed by atoms with van der Waals surface area (Å²) in [4.78, 5) is 30.7. The van der Waals surface area contributed by atoms with Crippen molar-refractivity contribution in [3.8, 4) is 11.3 Å². The number of H-pyrrole nitrogens is 1. The first kappa shape index (κ1) is 17.9. The number of pyridine rings is 1. The van der Waals surface area contributed by atoms with Crippen molar-refractivity contribution in [2.75, 3.05) is 6.54 Å². The summed E-state index contributed by atoms with van der Waals surface area (Å²) >= 11 is 0. The average molecular weight is 375 g/mol. The highest BCUT2D eigenvalue weighted by atomic mass is 16.2. The molecule has 3 aromatic rings. The van der Waals surface area contributed by atoms with Gasteiger partial charge in [0.05, 0.1) is 5.69 Å². The van der Waals surface area contributed by atoms with Crippen molar-refractivity contribution < 1.29 is 9.59 Å². The molecule has 0 radical (unpaired) electrons. The Morgan fingerprint density at radius 3 is 2.64 bits per heavy atom. The van der Waals surface area contributed by atoms with Gasteiger partial charge < -0.3 is 10.2 Å². The predicted octanol–water partition coefficient (Wildman–Crippen LogP) is 2.39. The maximum atomic E-state index is 13.2. The minimum absolute atomic E-state index is 0.0163. The Balaban J connectivity index is 1.54. The van der Waals surface area contributed by atoms with Crippen LogP contribution in [0.2, 0.25) is 0 Å². The molecule has 0 saturated carbocycles. The maximum Gasteiger partial charge on any atom is 0.254 e. The molecule has 2 N–H and O–H groups in total. The van der Waals surface area contributed by atoms with E-state index in [-0.39, 0.29) is 17.9 Å². The molecule has 1 aliphatic rings. The van der Waals surface area contributed by atoms with Crippen LogP contribution in [0.25, 0.3) is 11.3 Å². The highest BCUT2D eigenvalue weighted by molar-refractivity contribution is 5.94. The number of benzene rings is 1. The lowest BCUT2D eigenvalue weighted by atomic mass is 10.1. The molecular formula is C21H21N5O2. The normalized spacial score (nSPS) is 16.0. The van der Waals surface area contributed by atoms with Crippen molar-refractivity contribution in [3.05, 3.63) is 72.2 Å². The zero-order valence-corrected chi connectivity index (χ0v) is 15.3. The highest BCUT2D eigenvalue weighted by Crippen LogP contribution is 2.19. The quantitative estimate of drug-likeness (QED) is 0.692. The van der Waals surface area contributed by atoms with E-state index in [1.807, 2.05) is 42.5 Å². The van der Waals surface area contributed by atoms with E-state index in [1.165, 1.54) is 0 Å². The van der Waals surface area contributed by atoms with Crippen LogP contribution in [0.1, 0.15) is 28.8 Å². The van der Waals surface area contributed by atoms with Crippen molar-refractivity contribution in [1.29, 1.82) is 0 Å². The lowest BCUT2D eigenvalue weighted by Gasteiger charge is -2.26. The Hall–Kier alpha value is -3.48. The summed E-state index contributed by atoms with van der Waals surface area (Å²) in [5, 5.41) is 9.82. The minimum Gasteiger partial charge on any atom is -0.352 e. The standard InChI is InChI=1S/C21H21N5O2/c27-20-8-7-18(24-20)14-26(13-15-2-1-10-22-12-15)21(28)17-5-3-16(4-6-17)19-9-11-23-25-19/h1-6,9-12,18H,7-8,13-14H2,(H,23,25)(H,24,27). The van der Waals surface area contributed by atoms with E-state index in [1.54, 1.807) is 23.5 Å². The molecule has 1 aromatic carbocycles. The van der Waals surface area contributed by atoms with Crippen LogP contribution in [-0.2, 0) is 11.3 Å². The molecule has 1 atom stereocenters. The molecule has 3 heterocycles. The summed E-state index contributed by atoms with van der Waals surface area (Å²) in [6.07, 6.45) is 6.42. The summed E-state index contributed by atoms with van der Waals surface area (Å²) in [7, 11) is 0. The van der Waals surface area contributed by atoms with Crippen LogP contribution >= 0.6 is 0 Å². The van der Waals surface area contributed by atoms with Gasteiger partial charge in [-0.25, -0.2) is 0 Å². The molecule has 1 aliphatic heterocycles. The Morgan fingerprint density at radius 2 is 2.00 bits per heavy atom. The molecule has 1 fully saturated rings. The molecule has 0 bridgehead atoms. The molecule has 2 aromatic heterocycles. The van der Waals surface area contributed by atoms with E-state index < -0.39 is 0 Å². The molecule has 7 nitrogen and oxygen atoms in total. The van der Waals surface area contributed by atoms with Crippen LogP contribution in [0, 0.1) is 0 Å². The molecule has 1 unspecified atom stereocenters. The fraction of sp³-hybridized carbons (Fsp3) is 0.238. The molecule has 2 amide bonds. The largest absolute Gasteiger partial charge is 0.352 e. The number of amides is 2. The first-order chi connectivity index (χ1) is 13.7. The van der Waals surface area contributed by atoms with Gasteiger partial charge in [0.1, 0.15) is 0 Å². The third-order valence-electron chi connectivity index (χ3n) is 4.85. The number of rotatable bonds is 6. The predicted molar refractivity (Wildman–Crippen MR) is 104 cm³/mol. The number of aromatic nitrogens is 3. The fourth-order valence-electron chi connectivity index (χ4n) is 3.40. The Morgan fingerprint density at radius 1 is 1.14 bits per heavy atom. The first-order valence-electron chi connectivity index (χ1n) is 9.26. The van der Waals surface area contributed by atoms with Gasteiger partial charge in [-0.1, -0.05) is 18.2 Å². The van der Waals surface area contributed by atoms with Gasteiger partial charge in [0.15, 0.2) is 0 Å². The Bertz CT molecular complexity index is 939. The lowest BCUT2D eigenvalue weighted by molar-refractivity contribution is -0.119. The lowest BCUT2D eigenvalue weighted by Crippen LogP contribution is -2.41. The maximum absolute atomic E-state index is 13.2. The second kappa shape index (κ2) is 8.04. The van der Waals surface area contributed by atoms with Crippen LogP contribution in [0.5, 0.6) is 0 Å². The van der Waals surface area contributed by atoms with Gasteiger partial charge in [-0.3, -0.25) is 19.7 Å². The van der Waals surface area contributed by atoms with Crippen molar-refractivity contribution in [1.82, 2.24) is 25.4 Å². The van der Waals surface area contributed by atoms with Gasteiger partial charge in [0, 0.05) is 49.7 Å². The van der Waals surface area contributed by atoms with Crippen LogP contribution in [0.15, 0.2) is 61.1 Å². The van der Waals surface area contributed by atoms with Crippen LogP contribution in [0.4, 0.5) is 0 Å². The van der Waals surface area contributed by atoms with E-state index in [0.29, 0.717) is 25.1 Å². The van der Waals surface area contributed by atoms with E-state index in [0.717, 1.165) is 23.2 Å². The van der Waals surface area contributed by atoms with Crippen LogP contribution in [0.3, 0.4) is 0 Å². The smallest absolute Gasteiger partial charge is 0.254 e. The van der Waals surface area contributed by atoms with Crippen molar-refractivity contribution >= 4 is 11.8 Å². The molecule has 28 heavy (non-hydrogen) atoms.